The summed E-state index contributed by atoms with van der Waals surface area (Å²) in [5, 5.41) is 14.2. The molecule has 1 heterocycles. The van der Waals surface area contributed by atoms with Crippen LogP contribution >= 0.6 is 11.6 Å². The van der Waals surface area contributed by atoms with Gasteiger partial charge in [0.2, 0.25) is 0 Å². The molecule has 0 atom stereocenters. The lowest BCUT2D eigenvalue weighted by atomic mass is 9.94. The Morgan fingerprint density at radius 3 is 2.50 bits per heavy atom. The smallest absolute Gasteiger partial charge is 0.0863 e. The zero-order valence-corrected chi connectivity index (χ0v) is 9.83. The summed E-state index contributed by atoms with van der Waals surface area (Å²) in [6.07, 6.45) is 1.38. The summed E-state index contributed by atoms with van der Waals surface area (Å²) in [4.78, 5) is 0. The molecule has 0 aromatic heterocycles. The van der Waals surface area contributed by atoms with E-state index in [9.17, 15) is 5.11 Å². The van der Waals surface area contributed by atoms with Gasteiger partial charge in [0.05, 0.1) is 5.60 Å². The molecule has 1 aliphatic heterocycles. The summed E-state index contributed by atoms with van der Waals surface area (Å²) in [5.74, 6) is 0. The van der Waals surface area contributed by atoms with Gasteiger partial charge in [-0.15, -0.1) is 0 Å². The minimum absolute atomic E-state index is 0.554. The van der Waals surface area contributed by atoms with Gasteiger partial charge in [0.15, 0.2) is 0 Å². The lowest BCUT2D eigenvalue weighted by molar-refractivity contribution is -0.0543. The maximum absolute atomic E-state index is 10.2. The highest BCUT2D eigenvalue weighted by Gasteiger charge is 2.29. The van der Waals surface area contributed by atoms with Crippen molar-refractivity contribution >= 4 is 17.3 Å². The fourth-order valence-electron chi connectivity index (χ4n) is 1.76. The molecule has 0 unspecified atom stereocenters. The summed E-state index contributed by atoms with van der Waals surface area (Å²) in [6.45, 7) is 1.83. The molecule has 1 aromatic carbocycles. The molecule has 16 heavy (non-hydrogen) atoms. The van der Waals surface area contributed by atoms with Gasteiger partial charge in [-0.25, -0.2) is 0 Å². The van der Waals surface area contributed by atoms with E-state index in [-0.39, 0.29) is 0 Å². The first-order valence-corrected chi connectivity index (χ1v) is 5.85. The highest BCUT2D eigenvalue weighted by Crippen LogP contribution is 2.21. The van der Waals surface area contributed by atoms with E-state index < -0.39 is 5.60 Å². The van der Waals surface area contributed by atoms with Crippen LogP contribution in [0, 0.1) is 0 Å². The van der Waals surface area contributed by atoms with Crippen LogP contribution in [0.4, 0.5) is 5.69 Å². The fraction of sp³-hybridized carbons (Fsp3) is 0.500. The van der Waals surface area contributed by atoms with Crippen LogP contribution in [0.3, 0.4) is 0 Å². The molecule has 1 aliphatic rings. The van der Waals surface area contributed by atoms with Crippen molar-refractivity contribution in [2.75, 3.05) is 25.1 Å². The van der Waals surface area contributed by atoms with E-state index in [1.165, 1.54) is 0 Å². The predicted octanol–water partition coefficient (Wildman–Crippen LogP) is 2.29. The van der Waals surface area contributed by atoms with Crippen LogP contribution in [-0.2, 0) is 4.74 Å². The van der Waals surface area contributed by atoms with E-state index in [2.05, 4.69) is 5.32 Å². The van der Waals surface area contributed by atoms with Crippen LogP contribution in [0.5, 0.6) is 0 Å². The third kappa shape index (κ3) is 3.11. The maximum Gasteiger partial charge on any atom is 0.0863 e. The van der Waals surface area contributed by atoms with Crippen LogP contribution in [0.2, 0.25) is 5.02 Å². The van der Waals surface area contributed by atoms with E-state index in [1.807, 2.05) is 24.3 Å². The van der Waals surface area contributed by atoms with Gasteiger partial charge < -0.3 is 15.2 Å². The Morgan fingerprint density at radius 1 is 1.25 bits per heavy atom. The second-order valence-corrected chi connectivity index (χ2v) is 4.63. The van der Waals surface area contributed by atoms with Gasteiger partial charge in [-0.2, -0.15) is 0 Å². The number of hydrogen-bond donors (Lipinski definition) is 2. The molecule has 3 nitrogen and oxygen atoms in total. The average molecular weight is 242 g/mol. The lowest BCUT2D eigenvalue weighted by Crippen LogP contribution is -2.42. The van der Waals surface area contributed by atoms with Crippen molar-refractivity contribution in [1.82, 2.24) is 0 Å². The molecule has 1 saturated heterocycles. The molecular weight excluding hydrogens is 226 g/mol. The molecule has 0 spiro atoms. The van der Waals surface area contributed by atoms with Gasteiger partial charge in [0.25, 0.3) is 0 Å². The van der Waals surface area contributed by atoms with E-state index in [0.717, 1.165) is 10.7 Å². The Morgan fingerprint density at radius 2 is 1.88 bits per heavy atom. The molecule has 2 N–H and O–H groups in total. The summed E-state index contributed by atoms with van der Waals surface area (Å²) in [6, 6.07) is 7.48. The van der Waals surface area contributed by atoms with Gasteiger partial charge in [-0.3, -0.25) is 0 Å². The number of benzene rings is 1. The molecule has 4 heteroatoms. The molecular formula is C12H16ClNO2. The minimum atomic E-state index is -0.641. The SMILES string of the molecule is OC1(CNc2ccc(Cl)cc2)CCOCC1. The molecule has 0 aliphatic carbocycles. The summed E-state index contributed by atoms with van der Waals surface area (Å²) in [5.41, 5.74) is 0.335. The van der Waals surface area contributed by atoms with Gasteiger partial charge in [0, 0.05) is 43.3 Å². The molecule has 0 bridgehead atoms. The minimum Gasteiger partial charge on any atom is -0.388 e. The van der Waals surface area contributed by atoms with Crippen LogP contribution in [0.1, 0.15) is 12.8 Å². The number of aliphatic hydroxyl groups is 1. The van der Waals surface area contributed by atoms with Gasteiger partial charge in [-0.1, -0.05) is 11.6 Å². The Hall–Kier alpha value is -0.770. The Labute approximate surface area is 100 Å². The highest BCUT2D eigenvalue weighted by atomic mass is 35.5. The van der Waals surface area contributed by atoms with Crippen LogP contribution < -0.4 is 5.32 Å². The first-order chi connectivity index (χ1) is 7.68. The van der Waals surface area contributed by atoms with Crippen LogP contribution in [0.25, 0.3) is 0 Å². The van der Waals surface area contributed by atoms with Crippen molar-refractivity contribution in [1.29, 1.82) is 0 Å². The standard InChI is InChI=1S/C12H16ClNO2/c13-10-1-3-11(4-2-10)14-9-12(15)5-7-16-8-6-12/h1-4,14-15H,5-9H2. The number of halogens is 1. The van der Waals surface area contributed by atoms with Gasteiger partial charge >= 0.3 is 0 Å². The third-order valence-corrected chi connectivity index (χ3v) is 3.14. The molecule has 0 radical (unpaired) electrons. The van der Waals surface area contributed by atoms with Crippen molar-refractivity contribution < 1.29 is 9.84 Å². The quantitative estimate of drug-likeness (QED) is 0.853. The number of ether oxygens (including phenoxy) is 1. The third-order valence-electron chi connectivity index (χ3n) is 2.89. The summed E-state index contributed by atoms with van der Waals surface area (Å²) in [7, 11) is 0. The highest BCUT2D eigenvalue weighted by molar-refractivity contribution is 6.30. The van der Waals surface area contributed by atoms with E-state index in [0.29, 0.717) is 32.6 Å². The molecule has 88 valence electrons. The average Bonchev–Trinajstić information content (AvgIpc) is 2.29. The summed E-state index contributed by atoms with van der Waals surface area (Å²) < 4.78 is 5.23. The number of hydrogen-bond acceptors (Lipinski definition) is 3. The lowest BCUT2D eigenvalue weighted by Gasteiger charge is -2.32. The van der Waals surface area contributed by atoms with Crippen molar-refractivity contribution in [3.05, 3.63) is 29.3 Å². The van der Waals surface area contributed by atoms with Gasteiger partial charge in [0.1, 0.15) is 0 Å². The first-order valence-electron chi connectivity index (χ1n) is 5.48. The first kappa shape index (κ1) is 11.7. The molecule has 2 rings (SSSR count). The van der Waals surface area contributed by atoms with Crippen molar-refractivity contribution in [3.63, 3.8) is 0 Å². The predicted molar refractivity (Wildman–Crippen MR) is 64.9 cm³/mol. The number of rotatable bonds is 3. The maximum atomic E-state index is 10.2. The van der Waals surface area contributed by atoms with Gasteiger partial charge in [-0.05, 0) is 24.3 Å². The Balaban J connectivity index is 1.88. The number of anilines is 1. The van der Waals surface area contributed by atoms with Crippen molar-refractivity contribution in [2.45, 2.75) is 18.4 Å². The van der Waals surface area contributed by atoms with Crippen LogP contribution in [0.15, 0.2) is 24.3 Å². The van der Waals surface area contributed by atoms with Crippen LogP contribution in [-0.4, -0.2) is 30.5 Å². The molecule has 0 saturated carbocycles. The fourth-order valence-corrected chi connectivity index (χ4v) is 1.89. The second-order valence-electron chi connectivity index (χ2n) is 4.20. The summed E-state index contributed by atoms with van der Waals surface area (Å²) >= 11 is 5.79. The topological polar surface area (TPSA) is 41.5 Å². The largest absolute Gasteiger partial charge is 0.388 e. The zero-order chi connectivity index (χ0) is 11.4. The zero-order valence-electron chi connectivity index (χ0n) is 9.08. The number of nitrogens with one attached hydrogen (secondary N) is 1. The Kier molecular flexibility index (Phi) is 3.69. The molecule has 0 amide bonds. The van der Waals surface area contributed by atoms with Crippen molar-refractivity contribution in [3.8, 4) is 0 Å². The normalized spacial score (nSPS) is 19.4. The van der Waals surface area contributed by atoms with E-state index in [1.54, 1.807) is 0 Å². The van der Waals surface area contributed by atoms with E-state index >= 15 is 0 Å². The second kappa shape index (κ2) is 5.04. The molecule has 1 fully saturated rings. The Bertz CT molecular complexity index is 333. The van der Waals surface area contributed by atoms with E-state index in [4.69, 9.17) is 16.3 Å². The van der Waals surface area contributed by atoms with Crippen molar-refractivity contribution in [2.24, 2.45) is 0 Å². The molecule has 1 aromatic rings. The monoisotopic (exact) mass is 241 g/mol.